The third kappa shape index (κ3) is 3.80. The molecule has 1 aliphatic rings. The summed E-state index contributed by atoms with van der Waals surface area (Å²) in [4.78, 5) is 23.9. The molecule has 4 rings (SSSR count). The number of para-hydroxylation sites is 2. The average Bonchev–Trinajstić information content (AvgIpc) is 3.06. The lowest BCUT2D eigenvalue weighted by atomic mass is 10.2. The van der Waals surface area contributed by atoms with E-state index in [9.17, 15) is 4.79 Å². The molecule has 3 heterocycles. The van der Waals surface area contributed by atoms with Crippen LogP contribution >= 0.6 is 15.9 Å². The Balaban J connectivity index is 1.26. The largest absolute Gasteiger partial charge is 0.486 e. The minimum Gasteiger partial charge on any atom is -0.486 e. The summed E-state index contributed by atoms with van der Waals surface area (Å²) in [7, 11) is 0. The number of pyridine rings is 1. The van der Waals surface area contributed by atoms with Gasteiger partial charge in [0.2, 0.25) is 5.91 Å². The number of nitrogens with zero attached hydrogens (tertiary/aromatic N) is 2. The number of aryl methyl sites for hydroxylation is 1. The smallest absolute Gasteiger partial charge is 0.220 e. The maximum atomic E-state index is 12.1. The summed E-state index contributed by atoms with van der Waals surface area (Å²) < 4.78 is 12.3. The molecule has 1 aliphatic heterocycles. The molecule has 0 radical (unpaired) electrons. The number of rotatable bonds is 5. The Hall–Kier alpha value is -2.61. The van der Waals surface area contributed by atoms with Gasteiger partial charge in [0.05, 0.1) is 12.1 Å². The Morgan fingerprint density at radius 2 is 2.19 bits per heavy atom. The van der Waals surface area contributed by atoms with E-state index in [1.54, 1.807) is 6.20 Å². The number of ether oxygens (including phenoxy) is 2. The number of amides is 1. The highest BCUT2D eigenvalue weighted by Gasteiger charge is 2.21. The monoisotopic (exact) mass is 416 g/mol. The fourth-order valence-corrected chi connectivity index (χ4v) is 3.09. The van der Waals surface area contributed by atoms with Gasteiger partial charge in [-0.1, -0.05) is 12.1 Å². The third-order valence-electron chi connectivity index (χ3n) is 4.04. The number of aromatic amines is 1. The Morgan fingerprint density at radius 3 is 3.08 bits per heavy atom. The predicted molar refractivity (Wildman–Crippen MR) is 99.3 cm³/mol. The van der Waals surface area contributed by atoms with E-state index in [1.165, 1.54) is 0 Å². The van der Waals surface area contributed by atoms with Crippen LogP contribution in [0.3, 0.4) is 0 Å². The molecule has 134 valence electrons. The molecule has 1 atom stereocenters. The van der Waals surface area contributed by atoms with Crippen LogP contribution in [-0.4, -0.2) is 40.1 Å². The molecule has 0 bridgehead atoms. The number of hydrogen-bond acceptors (Lipinski definition) is 5. The van der Waals surface area contributed by atoms with E-state index in [0.717, 1.165) is 21.6 Å². The first kappa shape index (κ1) is 16.8. The van der Waals surface area contributed by atoms with Gasteiger partial charge in [0.25, 0.3) is 0 Å². The van der Waals surface area contributed by atoms with Crippen LogP contribution in [0.5, 0.6) is 11.5 Å². The predicted octanol–water partition coefficient (Wildman–Crippen LogP) is 2.61. The molecule has 0 fully saturated rings. The zero-order chi connectivity index (χ0) is 17.9. The topological polar surface area (TPSA) is 89.1 Å². The molecule has 7 nitrogen and oxygen atoms in total. The van der Waals surface area contributed by atoms with Crippen LogP contribution in [0.4, 0.5) is 0 Å². The van der Waals surface area contributed by atoms with Gasteiger partial charge in [-0.3, -0.25) is 4.79 Å². The van der Waals surface area contributed by atoms with Gasteiger partial charge in [-0.25, -0.2) is 9.97 Å². The van der Waals surface area contributed by atoms with Crippen LogP contribution in [0.15, 0.2) is 41.0 Å². The first-order valence-corrected chi connectivity index (χ1v) is 9.12. The summed E-state index contributed by atoms with van der Waals surface area (Å²) in [6.45, 7) is 0.823. The molecule has 8 heteroatoms. The average molecular weight is 417 g/mol. The van der Waals surface area contributed by atoms with Gasteiger partial charge in [-0.05, 0) is 34.1 Å². The van der Waals surface area contributed by atoms with Gasteiger partial charge >= 0.3 is 0 Å². The van der Waals surface area contributed by atoms with E-state index in [4.69, 9.17) is 9.47 Å². The number of aromatic nitrogens is 3. The Morgan fingerprint density at radius 1 is 1.35 bits per heavy atom. The number of nitrogens with one attached hydrogen (secondary N) is 2. The normalized spacial score (nSPS) is 15.8. The van der Waals surface area contributed by atoms with Gasteiger partial charge in [0.1, 0.15) is 18.5 Å². The molecule has 2 aromatic heterocycles. The molecule has 0 spiro atoms. The summed E-state index contributed by atoms with van der Waals surface area (Å²) in [6.07, 6.45) is 2.36. The standard InChI is InChI=1S/C18H17BrN4O3/c19-11-7-13-18(21-8-11)23-16(22-13)5-6-17(24)20-9-12-10-25-14-3-1-2-4-15(14)26-12/h1-4,7-8,12H,5-6,9-10H2,(H,20,24)(H,21,22,23)/t12-/m1/s1. The summed E-state index contributed by atoms with van der Waals surface area (Å²) in [6, 6.07) is 9.43. The number of fused-ring (bicyclic) bond motifs is 2. The lowest BCUT2D eigenvalue weighted by molar-refractivity contribution is -0.121. The maximum Gasteiger partial charge on any atom is 0.220 e. The van der Waals surface area contributed by atoms with Gasteiger partial charge in [0.15, 0.2) is 17.1 Å². The molecule has 0 unspecified atom stereocenters. The Bertz CT molecular complexity index is 943. The summed E-state index contributed by atoms with van der Waals surface area (Å²) in [5.41, 5.74) is 1.50. The Kier molecular flexibility index (Phi) is 4.75. The molecule has 1 amide bonds. The molecule has 0 saturated carbocycles. The van der Waals surface area contributed by atoms with Crippen molar-refractivity contribution in [1.29, 1.82) is 0 Å². The second kappa shape index (κ2) is 7.33. The zero-order valence-electron chi connectivity index (χ0n) is 13.9. The first-order chi connectivity index (χ1) is 12.7. The molecule has 0 aliphatic carbocycles. The summed E-state index contributed by atoms with van der Waals surface area (Å²) >= 11 is 3.38. The van der Waals surface area contributed by atoms with Crippen molar-refractivity contribution in [3.05, 3.63) is 46.8 Å². The van der Waals surface area contributed by atoms with Crippen LogP contribution in [0.1, 0.15) is 12.2 Å². The van der Waals surface area contributed by atoms with Crippen LogP contribution in [0.25, 0.3) is 11.2 Å². The lowest BCUT2D eigenvalue weighted by Gasteiger charge is -2.26. The van der Waals surface area contributed by atoms with Crippen molar-refractivity contribution in [2.24, 2.45) is 0 Å². The number of benzene rings is 1. The van der Waals surface area contributed by atoms with Crippen LogP contribution in [0, 0.1) is 0 Å². The highest BCUT2D eigenvalue weighted by atomic mass is 79.9. The second-order valence-electron chi connectivity index (χ2n) is 6.01. The molecule has 26 heavy (non-hydrogen) atoms. The fraction of sp³-hybridized carbons (Fsp3) is 0.278. The van der Waals surface area contributed by atoms with Crippen molar-refractivity contribution in [2.45, 2.75) is 18.9 Å². The van der Waals surface area contributed by atoms with Gasteiger partial charge in [0, 0.05) is 23.5 Å². The molecule has 1 aromatic carbocycles. The summed E-state index contributed by atoms with van der Waals surface area (Å²) in [5.74, 6) is 2.13. The van der Waals surface area contributed by atoms with E-state index >= 15 is 0 Å². The molecule has 2 N–H and O–H groups in total. The van der Waals surface area contributed by atoms with Gasteiger partial charge in [-0.15, -0.1) is 0 Å². The number of halogens is 1. The van der Waals surface area contributed by atoms with E-state index < -0.39 is 0 Å². The molecule has 3 aromatic rings. The van der Waals surface area contributed by atoms with Crippen molar-refractivity contribution < 1.29 is 14.3 Å². The first-order valence-electron chi connectivity index (χ1n) is 8.33. The lowest BCUT2D eigenvalue weighted by Crippen LogP contribution is -2.40. The molecular weight excluding hydrogens is 400 g/mol. The number of hydrogen-bond donors (Lipinski definition) is 2. The SMILES string of the molecule is O=C(CCc1nc2ncc(Br)cc2[nH]1)NC[C@@H]1COc2ccccc2O1. The highest BCUT2D eigenvalue weighted by molar-refractivity contribution is 9.10. The van der Waals surface area contributed by atoms with E-state index in [1.807, 2.05) is 30.3 Å². The third-order valence-corrected chi connectivity index (χ3v) is 4.47. The fourth-order valence-electron chi connectivity index (χ4n) is 2.75. The van der Waals surface area contributed by atoms with Crippen LogP contribution < -0.4 is 14.8 Å². The van der Waals surface area contributed by atoms with Crippen LogP contribution in [0.2, 0.25) is 0 Å². The Labute approximate surface area is 158 Å². The minimum absolute atomic E-state index is 0.0537. The zero-order valence-corrected chi connectivity index (χ0v) is 15.5. The number of carbonyl (C=O) groups is 1. The van der Waals surface area contributed by atoms with Crippen molar-refractivity contribution >= 4 is 33.0 Å². The van der Waals surface area contributed by atoms with E-state index in [-0.39, 0.29) is 12.0 Å². The van der Waals surface area contributed by atoms with Crippen molar-refractivity contribution in [3.8, 4) is 11.5 Å². The maximum absolute atomic E-state index is 12.1. The van der Waals surface area contributed by atoms with E-state index in [0.29, 0.717) is 37.4 Å². The van der Waals surface area contributed by atoms with Crippen molar-refractivity contribution in [3.63, 3.8) is 0 Å². The van der Waals surface area contributed by atoms with Gasteiger partial charge in [-0.2, -0.15) is 0 Å². The van der Waals surface area contributed by atoms with Crippen molar-refractivity contribution in [2.75, 3.05) is 13.2 Å². The number of carbonyl (C=O) groups excluding carboxylic acids is 1. The molecule has 0 saturated heterocycles. The minimum atomic E-state index is -0.193. The van der Waals surface area contributed by atoms with Gasteiger partial charge < -0.3 is 19.8 Å². The summed E-state index contributed by atoms with van der Waals surface area (Å²) in [5, 5.41) is 2.89. The van der Waals surface area contributed by atoms with E-state index in [2.05, 4.69) is 36.2 Å². The quantitative estimate of drug-likeness (QED) is 0.667. The number of imidazole rings is 1. The highest BCUT2D eigenvalue weighted by Crippen LogP contribution is 2.30. The second-order valence-corrected chi connectivity index (χ2v) is 6.93. The van der Waals surface area contributed by atoms with Crippen LogP contribution in [-0.2, 0) is 11.2 Å². The number of H-pyrrole nitrogens is 1. The molecular formula is C18H17BrN4O3. The van der Waals surface area contributed by atoms with Crippen molar-refractivity contribution in [1.82, 2.24) is 20.3 Å².